The van der Waals surface area contributed by atoms with E-state index in [0.29, 0.717) is 23.0 Å². The molecule has 0 spiro atoms. The summed E-state index contributed by atoms with van der Waals surface area (Å²) in [6.45, 7) is 8.36. The van der Waals surface area contributed by atoms with Gasteiger partial charge in [-0.15, -0.1) is 6.58 Å². The van der Waals surface area contributed by atoms with Gasteiger partial charge in [-0.05, 0) is 42.5 Å². The number of anilines is 1. The van der Waals surface area contributed by atoms with Crippen LogP contribution in [0.2, 0.25) is 0 Å². The van der Waals surface area contributed by atoms with Crippen molar-refractivity contribution in [3.63, 3.8) is 0 Å². The van der Waals surface area contributed by atoms with Crippen molar-refractivity contribution in [3.8, 4) is 22.9 Å². The van der Waals surface area contributed by atoms with Crippen LogP contribution in [0, 0.1) is 0 Å². The number of ether oxygens (including phenoxy) is 1. The van der Waals surface area contributed by atoms with Crippen molar-refractivity contribution in [3.05, 3.63) is 85.3 Å². The van der Waals surface area contributed by atoms with Gasteiger partial charge in [0, 0.05) is 56.7 Å². The van der Waals surface area contributed by atoms with Crippen molar-refractivity contribution in [2.24, 2.45) is 5.73 Å². The fraction of sp³-hybridized carbons (Fsp3) is 0.192. The van der Waals surface area contributed by atoms with Gasteiger partial charge in [0.15, 0.2) is 5.65 Å². The van der Waals surface area contributed by atoms with E-state index in [1.807, 2.05) is 60.8 Å². The number of pyridine rings is 2. The highest BCUT2D eigenvalue weighted by molar-refractivity contribution is 5.99. The third kappa shape index (κ3) is 4.23. The van der Waals surface area contributed by atoms with Crippen LogP contribution >= 0.6 is 0 Å². The molecule has 4 aromatic rings. The van der Waals surface area contributed by atoms with Gasteiger partial charge in [0.25, 0.3) is 5.91 Å². The molecule has 0 bridgehead atoms. The molecule has 0 atom stereocenters. The quantitative estimate of drug-likeness (QED) is 0.429. The first-order valence-corrected chi connectivity index (χ1v) is 11.2. The Morgan fingerprint density at radius 2 is 1.85 bits per heavy atom. The number of carbonyl (C=O) groups excluding carboxylic acids is 1. The molecule has 1 aliphatic heterocycles. The van der Waals surface area contributed by atoms with Crippen LogP contribution in [0.15, 0.2) is 79.6 Å². The standard InChI is InChI=1S/C26H26N6O2/c1-2-13-30-15-17-31(18-16-30)21-6-5-14-32-24(25(27)33)23(29-26(21)32)19-8-10-20(11-9-19)34-22-7-3-4-12-28-22/h2-12,14H,1,13,15-18H2,(H2,27,33). The van der Waals surface area contributed by atoms with Crippen molar-refractivity contribution in [2.45, 2.75) is 0 Å². The van der Waals surface area contributed by atoms with Gasteiger partial charge in [0.1, 0.15) is 17.1 Å². The van der Waals surface area contributed by atoms with E-state index in [2.05, 4.69) is 21.4 Å². The lowest BCUT2D eigenvalue weighted by Gasteiger charge is -2.35. The zero-order valence-electron chi connectivity index (χ0n) is 18.8. The largest absolute Gasteiger partial charge is 0.439 e. The van der Waals surface area contributed by atoms with E-state index in [1.165, 1.54) is 0 Å². The number of hydrogen-bond acceptors (Lipinski definition) is 6. The molecule has 3 aromatic heterocycles. The van der Waals surface area contributed by atoms with Crippen molar-refractivity contribution in [2.75, 3.05) is 37.6 Å². The van der Waals surface area contributed by atoms with Crippen molar-refractivity contribution in [1.29, 1.82) is 0 Å². The molecule has 172 valence electrons. The first-order chi connectivity index (χ1) is 16.6. The number of nitrogens with zero attached hydrogens (tertiary/aromatic N) is 5. The molecule has 1 saturated heterocycles. The molecular weight excluding hydrogens is 428 g/mol. The average molecular weight is 455 g/mol. The maximum absolute atomic E-state index is 12.5. The molecule has 0 unspecified atom stereocenters. The number of fused-ring (bicyclic) bond motifs is 1. The Labute approximate surface area is 197 Å². The minimum Gasteiger partial charge on any atom is -0.439 e. The summed E-state index contributed by atoms with van der Waals surface area (Å²) in [5, 5.41) is 0. The Balaban J connectivity index is 1.48. The second kappa shape index (κ2) is 9.36. The fourth-order valence-electron chi connectivity index (χ4n) is 4.30. The predicted octanol–water partition coefficient (Wildman–Crippen LogP) is 3.60. The average Bonchev–Trinajstić information content (AvgIpc) is 3.26. The molecule has 1 aliphatic rings. The summed E-state index contributed by atoms with van der Waals surface area (Å²) in [5.41, 5.74) is 9.22. The first kappa shape index (κ1) is 21.7. The van der Waals surface area contributed by atoms with Crippen LogP contribution in [0.4, 0.5) is 5.69 Å². The highest BCUT2D eigenvalue weighted by Crippen LogP contribution is 2.31. The number of imidazole rings is 1. The maximum Gasteiger partial charge on any atom is 0.268 e. The summed E-state index contributed by atoms with van der Waals surface area (Å²) in [7, 11) is 0. The molecule has 4 heterocycles. The lowest BCUT2D eigenvalue weighted by molar-refractivity contribution is 0.0995. The highest BCUT2D eigenvalue weighted by atomic mass is 16.5. The smallest absolute Gasteiger partial charge is 0.268 e. The number of piperazine rings is 1. The monoisotopic (exact) mass is 454 g/mol. The number of primary amides is 1. The summed E-state index contributed by atoms with van der Waals surface area (Å²) in [6.07, 6.45) is 5.45. The minimum absolute atomic E-state index is 0.362. The van der Waals surface area contributed by atoms with Gasteiger partial charge >= 0.3 is 0 Å². The van der Waals surface area contributed by atoms with Crippen LogP contribution in [0.5, 0.6) is 11.6 Å². The van der Waals surface area contributed by atoms with E-state index in [4.69, 9.17) is 15.5 Å². The lowest BCUT2D eigenvalue weighted by Crippen LogP contribution is -2.46. The SMILES string of the molecule is C=CCN1CCN(c2cccn3c(C(N)=O)c(-c4ccc(Oc5ccccn5)cc4)nc23)CC1. The molecule has 1 amide bonds. The van der Waals surface area contributed by atoms with Crippen molar-refractivity contribution < 1.29 is 9.53 Å². The van der Waals surface area contributed by atoms with E-state index in [0.717, 1.165) is 49.6 Å². The van der Waals surface area contributed by atoms with Crippen LogP contribution < -0.4 is 15.4 Å². The van der Waals surface area contributed by atoms with Gasteiger partial charge in [0.05, 0.1) is 5.69 Å². The molecule has 2 N–H and O–H groups in total. The van der Waals surface area contributed by atoms with Gasteiger partial charge < -0.3 is 15.4 Å². The summed E-state index contributed by atoms with van der Waals surface area (Å²) < 4.78 is 7.58. The second-order valence-electron chi connectivity index (χ2n) is 8.13. The Morgan fingerprint density at radius 3 is 2.53 bits per heavy atom. The third-order valence-electron chi connectivity index (χ3n) is 5.95. The summed E-state index contributed by atoms with van der Waals surface area (Å²) in [6, 6.07) is 16.9. The van der Waals surface area contributed by atoms with Crippen LogP contribution in [-0.4, -0.2) is 57.9 Å². The second-order valence-corrected chi connectivity index (χ2v) is 8.13. The molecule has 1 fully saturated rings. The van der Waals surface area contributed by atoms with Crippen LogP contribution in [0.1, 0.15) is 10.5 Å². The normalized spacial score (nSPS) is 14.3. The summed E-state index contributed by atoms with van der Waals surface area (Å²) in [4.78, 5) is 26.2. The molecule has 34 heavy (non-hydrogen) atoms. The Morgan fingerprint density at radius 1 is 1.06 bits per heavy atom. The number of benzene rings is 1. The number of rotatable bonds is 7. The maximum atomic E-state index is 12.5. The van der Waals surface area contributed by atoms with Crippen molar-refractivity contribution >= 4 is 17.2 Å². The molecule has 1 aromatic carbocycles. The summed E-state index contributed by atoms with van der Waals surface area (Å²) >= 11 is 0. The predicted molar refractivity (Wildman–Crippen MR) is 132 cm³/mol. The number of aromatic nitrogens is 3. The van der Waals surface area contributed by atoms with Gasteiger partial charge in [0.2, 0.25) is 5.88 Å². The Hall–Kier alpha value is -4.17. The number of nitrogens with two attached hydrogens (primary N) is 1. The number of hydrogen-bond donors (Lipinski definition) is 1. The zero-order chi connectivity index (χ0) is 23.5. The summed E-state index contributed by atoms with van der Waals surface area (Å²) in [5.74, 6) is 0.632. The molecular formula is C26H26N6O2. The Bertz CT molecular complexity index is 1310. The molecule has 0 saturated carbocycles. The number of amides is 1. The van der Waals surface area contributed by atoms with E-state index < -0.39 is 5.91 Å². The molecule has 5 rings (SSSR count). The molecule has 0 aliphatic carbocycles. The number of carbonyl (C=O) groups is 1. The van der Waals surface area contributed by atoms with Gasteiger partial charge in [-0.2, -0.15) is 0 Å². The van der Waals surface area contributed by atoms with Crippen LogP contribution in [0.3, 0.4) is 0 Å². The molecule has 8 heteroatoms. The van der Waals surface area contributed by atoms with Crippen LogP contribution in [0.25, 0.3) is 16.9 Å². The molecule has 8 nitrogen and oxygen atoms in total. The fourth-order valence-corrected chi connectivity index (χ4v) is 4.30. The minimum atomic E-state index is -0.524. The highest BCUT2D eigenvalue weighted by Gasteiger charge is 2.24. The van der Waals surface area contributed by atoms with Gasteiger partial charge in [-0.1, -0.05) is 12.1 Å². The van der Waals surface area contributed by atoms with E-state index in [-0.39, 0.29) is 0 Å². The van der Waals surface area contributed by atoms with Crippen molar-refractivity contribution in [1.82, 2.24) is 19.3 Å². The van der Waals surface area contributed by atoms with Gasteiger partial charge in [-0.3, -0.25) is 14.1 Å². The third-order valence-corrected chi connectivity index (χ3v) is 5.95. The zero-order valence-corrected chi connectivity index (χ0v) is 18.8. The van der Waals surface area contributed by atoms with Crippen LogP contribution in [-0.2, 0) is 0 Å². The van der Waals surface area contributed by atoms with E-state index >= 15 is 0 Å². The first-order valence-electron chi connectivity index (χ1n) is 11.2. The molecule has 0 radical (unpaired) electrons. The Kier molecular flexibility index (Phi) is 5.97. The topological polar surface area (TPSA) is 89.0 Å². The lowest BCUT2D eigenvalue weighted by atomic mass is 10.1. The van der Waals surface area contributed by atoms with E-state index in [1.54, 1.807) is 16.7 Å². The van der Waals surface area contributed by atoms with E-state index in [9.17, 15) is 4.79 Å². The van der Waals surface area contributed by atoms with Gasteiger partial charge in [-0.25, -0.2) is 9.97 Å².